The zero-order valence-electron chi connectivity index (χ0n) is 11.4. The maximum atomic E-state index is 12.1. The normalized spacial score (nSPS) is 13.3. The number of hydrogen-bond donors (Lipinski definition) is 1. The van der Waals surface area contributed by atoms with Crippen LogP contribution < -0.4 is 5.73 Å². The third-order valence-electron chi connectivity index (χ3n) is 3.53. The average molecular weight is 266 g/mol. The molecule has 0 saturated heterocycles. The third-order valence-corrected chi connectivity index (χ3v) is 5.56. The molecule has 0 saturated carbocycles. The number of sulfonamides is 1. The van der Waals surface area contributed by atoms with Gasteiger partial charge in [-0.05, 0) is 19.3 Å². The second-order valence-electron chi connectivity index (χ2n) is 4.27. The molecule has 0 bridgehead atoms. The van der Waals surface area contributed by atoms with E-state index in [2.05, 4.69) is 0 Å². The van der Waals surface area contributed by atoms with Gasteiger partial charge in [0, 0.05) is 32.8 Å². The maximum absolute atomic E-state index is 12.1. The van der Waals surface area contributed by atoms with Gasteiger partial charge in [0.15, 0.2) is 0 Å². The van der Waals surface area contributed by atoms with Crippen molar-refractivity contribution in [3.05, 3.63) is 0 Å². The van der Waals surface area contributed by atoms with Gasteiger partial charge in [0.25, 0.3) is 0 Å². The lowest BCUT2D eigenvalue weighted by atomic mass is 9.93. The summed E-state index contributed by atoms with van der Waals surface area (Å²) in [6, 6.07) is 0. The van der Waals surface area contributed by atoms with E-state index in [0.717, 1.165) is 12.8 Å². The minimum absolute atomic E-state index is 0.110. The molecule has 6 heteroatoms. The van der Waals surface area contributed by atoms with Crippen molar-refractivity contribution in [3.8, 4) is 0 Å². The van der Waals surface area contributed by atoms with Crippen molar-refractivity contribution < 1.29 is 13.2 Å². The van der Waals surface area contributed by atoms with Crippen LogP contribution in [0.15, 0.2) is 0 Å². The predicted molar refractivity (Wildman–Crippen MR) is 70.4 cm³/mol. The van der Waals surface area contributed by atoms with Crippen molar-refractivity contribution in [2.75, 3.05) is 33.1 Å². The van der Waals surface area contributed by atoms with E-state index in [0.29, 0.717) is 19.6 Å². The first kappa shape index (κ1) is 16.8. The Kier molecular flexibility index (Phi) is 7.23. The molecule has 0 fully saturated rings. The van der Waals surface area contributed by atoms with E-state index in [4.69, 9.17) is 10.5 Å². The molecule has 0 unspecified atom stereocenters. The molecule has 17 heavy (non-hydrogen) atoms. The van der Waals surface area contributed by atoms with Gasteiger partial charge >= 0.3 is 0 Å². The Morgan fingerprint density at radius 3 is 2.18 bits per heavy atom. The SMILES string of the molecule is CCC(CC)(CN)N(C)S(=O)(=O)CCCOC. The molecule has 0 amide bonds. The summed E-state index contributed by atoms with van der Waals surface area (Å²) in [6.45, 7) is 4.75. The van der Waals surface area contributed by atoms with Gasteiger partial charge in [0.1, 0.15) is 0 Å². The highest BCUT2D eigenvalue weighted by Crippen LogP contribution is 2.24. The number of nitrogens with zero attached hydrogens (tertiary/aromatic N) is 1. The first-order chi connectivity index (χ1) is 7.90. The summed E-state index contributed by atoms with van der Waals surface area (Å²) in [4.78, 5) is 0. The minimum atomic E-state index is -3.25. The summed E-state index contributed by atoms with van der Waals surface area (Å²) in [5.74, 6) is 0.110. The minimum Gasteiger partial charge on any atom is -0.385 e. The molecule has 0 aliphatic rings. The van der Waals surface area contributed by atoms with E-state index in [-0.39, 0.29) is 5.75 Å². The number of rotatable bonds is 9. The number of likely N-dealkylation sites (N-methyl/N-ethyl adjacent to an activating group) is 1. The quantitative estimate of drug-likeness (QED) is 0.627. The molecule has 0 aromatic heterocycles. The smallest absolute Gasteiger partial charge is 0.214 e. The summed E-state index contributed by atoms with van der Waals surface area (Å²) in [5.41, 5.74) is 5.30. The van der Waals surface area contributed by atoms with Crippen LogP contribution >= 0.6 is 0 Å². The molecule has 0 aliphatic heterocycles. The molecule has 0 aromatic rings. The molecule has 104 valence electrons. The van der Waals surface area contributed by atoms with Crippen molar-refractivity contribution in [2.45, 2.75) is 38.6 Å². The molecular formula is C11H26N2O3S. The number of ether oxygens (including phenoxy) is 1. The highest BCUT2D eigenvalue weighted by atomic mass is 32.2. The van der Waals surface area contributed by atoms with Crippen molar-refractivity contribution >= 4 is 10.0 Å². The molecule has 0 rings (SSSR count). The largest absolute Gasteiger partial charge is 0.385 e. The molecule has 0 atom stereocenters. The van der Waals surface area contributed by atoms with Crippen LogP contribution in [0.2, 0.25) is 0 Å². The van der Waals surface area contributed by atoms with Gasteiger partial charge in [0.05, 0.1) is 5.75 Å². The Morgan fingerprint density at radius 2 is 1.82 bits per heavy atom. The van der Waals surface area contributed by atoms with E-state index < -0.39 is 15.6 Å². The van der Waals surface area contributed by atoms with E-state index in [1.54, 1.807) is 14.2 Å². The highest BCUT2D eigenvalue weighted by Gasteiger charge is 2.36. The van der Waals surface area contributed by atoms with Crippen molar-refractivity contribution in [1.29, 1.82) is 0 Å². The Morgan fingerprint density at radius 1 is 1.29 bits per heavy atom. The Balaban J connectivity index is 4.80. The highest BCUT2D eigenvalue weighted by molar-refractivity contribution is 7.89. The fourth-order valence-electron chi connectivity index (χ4n) is 1.93. The van der Waals surface area contributed by atoms with Crippen LogP contribution in [0.25, 0.3) is 0 Å². The Labute approximate surface area is 105 Å². The summed E-state index contributed by atoms with van der Waals surface area (Å²) in [7, 11) is -0.0581. The number of hydrogen-bond acceptors (Lipinski definition) is 4. The molecular weight excluding hydrogens is 240 g/mol. The van der Waals surface area contributed by atoms with Crippen LogP contribution in [0.1, 0.15) is 33.1 Å². The second-order valence-corrected chi connectivity index (χ2v) is 6.39. The van der Waals surface area contributed by atoms with Crippen LogP contribution in [0.3, 0.4) is 0 Å². The standard InChI is InChI=1S/C11H26N2O3S/c1-5-11(6-2,10-12)13(3)17(14,15)9-7-8-16-4/h5-10,12H2,1-4H3. The first-order valence-electron chi connectivity index (χ1n) is 6.06. The first-order valence-corrected chi connectivity index (χ1v) is 7.66. The van der Waals surface area contributed by atoms with Crippen LogP contribution in [-0.4, -0.2) is 51.3 Å². The molecule has 0 aliphatic carbocycles. The predicted octanol–water partition coefficient (Wildman–Crippen LogP) is 0.802. The van der Waals surface area contributed by atoms with Crippen molar-refractivity contribution in [2.24, 2.45) is 5.73 Å². The Bertz CT molecular complexity index is 292. The fourth-order valence-corrected chi connectivity index (χ4v) is 3.61. The molecule has 2 N–H and O–H groups in total. The van der Waals surface area contributed by atoms with E-state index in [1.165, 1.54) is 4.31 Å². The van der Waals surface area contributed by atoms with Crippen molar-refractivity contribution in [1.82, 2.24) is 4.31 Å². The van der Waals surface area contributed by atoms with Crippen LogP contribution in [-0.2, 0) is 14.8 Å². The van der Waals surface area contributed by atoms with Crippen LogP contribution in [0.4, 0.5) is 0 Å². The number of methoxy groups -OCH3 is 1. The zero-order chi connectivity index (χ0) is 13.5. The molecule has 0 spiro atoms. The monoisotopic (exact) mass is 266 g/mol. The lowest BCUT2D eigenvalue weighted by molar-refractivity contribution is 0.194. The summed E-state index contributed by atoms with van der Waals surface area (Å²) < 4.78 is 30.6. The molecule has 5 nitrogen and oxygen atoms in total. The molecule has 0 heterocycles. The maximum Gasteiger partial charge on any atom is 0.214 e. The van der Waals surface area contributed by atoms with Gasteiger partial charge in [-0.3, -0.25) is 0 Å². The van der Waals surface area contributed by atoms with Gasteiger partial charge in [-0.25, -0.2) is 8.42 Å². The van der Waals surface area contributed by atoms with Gasteiger partial charge in [0.2, 0.25) is 10.0 Å². The van der Waals surface area contributed by atoms with Crippen LogP contribution in [0, 0.1) is 0 Å². The van der Waals surface area contributed by atoms with E-state index >= 15 is 0 Å². The number of nitrogens with two attached hydrogens (primary N) is 1. The molecule has 0 radical (unpaired) electrons. The van der Waals surface area contributed by atoms with Crippen LogP contribution in [0.5, 0.6) is 0 Å². The average Bonchev–Trinajstić information content (AvgIpc) is 2.32. The summed E-state index contributed by atoms with van der Waals surface area (Å²) in [6.07, 6.45) is 1.96. The van der Waals surface area contributed by atoms with Gasteiger partial charge in [-0.2, -0.15) is 4.31 Å². The third kappa shape index (κ3) is 4.21. The van der Waals surface area contributed by atoms with E-state index in [9.17, 15) is 8.42 Å². The van der Waals surface area contributed by atoms with Gasteiger partial charge in [-0.15, -0.1) is 0 Å². The van der Waals surface area contributed by atoms with E-state index in [1.807, 2.05) is 13.8 Å². The van der Waals surface area contributed by atoms with Gasteiger partial charge < -0.3 is 10.5 Å². The molecule has 0 aromatic carbocycles. The fraction of sp³-hybridized carbons (Fsp3) is 1.00. The topological polar surface area (TPSA) is 72.6 Å². The zero-order valence-corrected chi connectivity index (χ0v) is 12.2. The lowest BCUT2D eigenvalue weighted by Gasteiger charge is -2.38. The second kappa shape index (κ2) is 7.31. The summed E-state index contributed by atoms with van der Waals surface area (Å²) >= 11 is 0. The summed E-state index contributed by atoms with van der Waals surface area (Å²) in [5, 5.41) is 0. The van der Waals surface area contributed by atoms with Crippen molar-refractivity contribution in [3.63, 3.8) is 0 Å². The Hall–Kier alpha value is -0.170. The lowest BCUT2D eigenvalue weighted by Crippen LogP contribution is -2.54. The van der Waals surface area contributed by atoms with Gasteiger partial charge in [-0.1, -0.05) is 13.8 Å².